The van der Waals surface area contributed by atoms with Gasteiger partial charge in [0.05, 0.1) is 13.7 Å². The van der Waals surface area contributed by atoms with E-state index in [0.29, 0.717) is 18.1 Å². The number of aliphatic hydroxyl groups excluding tert-OH is 1. The highest BCUT2D eigenvalue weighted by atomic mass is 79.9. The Balaban J connectivity index is 2.82. The van der Waals surface area contributed by atoms with Crippen molar-refractivity contribution in [2.24, 2.45) is 0 Å². The standard InChI is InChI=1S/C11H13BrO3/c1-8(12)7-15-10-4-3-9(6-13)5-11(10)14-2/h3-5,13H,1,6-7H2,2H3. The number of hydrogen-bond acceptors (Lipinski definition) is 3. The van der Waals surface area contributed by atoms with Crippen LogP contribution >= 0.6 is 15.9 Å². The van der Waals surface area contributed by atoms with Crippen molar-refractivity contribution >= 4 is 15.9 Å². The second kappa shape index (κ2) is 5.78. The zero-order valence-corrected chi connectivity index (χ0v) is 10.1. The Morgan fingerprint density at radius 2 is 2.20 bits per heavy atom. The van der Waals surface area contributed by atoms with E-state index in [1.165, 1.54) is 0 Å². The van der Waals surface area contributed by atoms with Gasteiger partial charge in [-0.2, -0.15) is 0 Å². The summed E-state index contributed by atoms with van der Waals surface area (Å²) < 4.78 is 11.3. The fourth-order valence-corrected chi connectivity index (χ4v) is 1.20. The van der Waals surface area contributed by atoms with Crippen LogP contribution in [0.25, 0.3) is 0 Å². The SMILES string of the molecule is C=C(Br)COc1ccc(CO)cc1OC. The maximum Gasteiger partial charge on any atom is 0.161 e. The largest absolute Gasteiger partial charge is 0.493 e. The molecule has 1 aromatic carbocycles. The van der Waals surface area contributed by atoms with Crippen LogP contribution in [0.5, 0.6) is 11.5 Å². The summed E-state index contributed by atoms with van der Waals surface area (Å²) >= 11 is 3.21. The molecule has 0 saturated carbocycles. The Labute approximate surface area is 97.5 Å². The lowest BCUT2D eigenvalue weighted by Gasteiger charge is -2.10. The molecule has 0 spiro atoms. The van der Waals surface area contributed by atoms with Gasteiger partial charge in [0.15, 0.2) is 11.5 Å². The molecule has 0 aliphatic heterocycles. The maximum atomic E-state index is 8.95. The molecule has 0 aromatic heterocycles. The van der Waals surface area contributed by atoms with Crippen LogP contribution in [-0.4, -0.2) is 18.8 Å². The minimum Gasteiger partial charge on any atom is -0.493 e. The number of aliphatic hydroxyl groups is 1. The molecule has 15 heavy (non-hydrogen) atoms. The molecule has 0 atom stereocenters. The van der Waals surface area contributed by atoms with Gasteiger partial charge in [0.2, 0.25) is 0 Å². The van der Waals surface area contributed by atoms with E-state index in [0.717, 1.165) is 10.0 Å². The number of halogens is 1. The van der Waals surface area contributed by atoms with Gasteiger partial charge in [0.25, 0.3) is 0 Å². The predicted molar refractivity (Wildman–Crippen MR) is 62.5 cm³/mol. The second-order valence-corrected chi connectivity index (χ2v) is 4.07. The molecule has 4 heteroatoms. The van der Waals surface area contributed by atoms with E-state index in [2.05, 4.69) is 22.5 Å². The third-order valence-electron chi connectivity index (χ3n) is 1.79. The Bertz CT molecular complexity index is 350. The summed E-state index contributed by atoms with van der Waals surface area (Å²) in [5.74, 6) is 1.24. The Morgan fingerprint density at radius 1 is 1.47 bits per heavy atom. The molecular formula is C11H13BrO3. The first kappa shape index (κ1) is 12.1. The van der Waals surface area contributed by atoms with Crippen LogP contribution in [0.1, 0.15) is 5.56 Å². The summed E-state index contributed by atoms with van der Waals surface area (Å²) in [6.45, 7) is 4.04. The topological polar surface area (TPSA) is 38.7 Å². The molecule has 0 aliphatic carbocycles. The van der Waals surface area contributed by atoms with E-state index >= 15 is 0 Å². The van der Waals surface area contributed by atoms with Gasteiger partial charge in [-0.3, -0.25) is 0 Å². The van der Waals surface area contributed by atoms with Crippen molar-refractivity contribution in [1.82, 2.24) is 0 Å². The highest BCUT2D eigenvalue weighted by Gasteiger charge is 2.05. The molecule has 0 radical (unpaired) electrons. The minimum atomic E-state index is -0.0121. The maximum absolute atomic E-state index is 8.95. The van der Waals surface area contributed by atoms with Crippen molar-refractivity contribution in [1.29, 1.82) is 0 Å². The number of benzene rings is 1. The molecule has 1 rings (SSSR count). The molecule has 82 valence electrons. The Hall–Kier alpha value is -1.00. The van der Waals surface area contributed by atoms with Gasteiger partial charge in [0.1, 0.15) is 6.61 Å². The molecule has 0 aliphatic rings. The van der Waals surface area contributed by atoms with Crippen molar-refractivity contribution in [3.63, 3.8) is 0 Å². The van der Waals surface area contributed by atoms with Crippen LogP contribution in [0.15, 0.2) is 29.3 Å². The van der Waals surface area contributed by atoms with Crippen molar-refractivity contribution in [2.75, 3.05) is 13.7 Å². The van der Waals surface area contributed by atoms with E-state index in [-0.39, 0.29) is 6.61 Å². The van der Waals surface area contributed by atoms with Gasteiger partial charge in [0, 0.05) is 4.48 Å². The van der Waals surface area contributed by atoms with Crippen LogP contribution < -0.4 is 9.47 Å². The van der Waals surface area contributed by atoms with E-state index in [1.807, 2.05) is 0 Å². The lowest BCUT2D eigenvalue weighted by Crippen LogP contribution is -1.99. The van der Waals surface area contributed by atoms with Crippen molar-refractivity contribution in [3.05, 3.63) is 34.8 Å². The molecular weight excluding hydrogens is 260 g/mol. The summed E-state index contributed by atoms with van der Waals surface area (Å²) in [6, 6.07) is 5.29. The van der Waals surface area contributed by atoms with E-state index in [4.69, 9.17) is 14.6 Å². The molecule has 0 unspecified atom stereocenters. The predicted octanol–water partition coefficient (Wildman–Crippen LogP) is 2.47. The van der Waals surface area contributed by atoms with E-state index in [1.54, 1.807) is 25.3 Å². The number of methoxy groups -OCH3 is 1. The fraction of sp³-hybridized carbons (Fsp3) is 0.273. The van der Waals surface area contributed by atoms with Crippen LogP contribution in [0.3, 0.4) is 0 Å². The normalized spacial score (nSPS) is 9.80. The number of ether oxygens (including phenoxy) is 2. The van der Waals surface area contributed by atoms with Crippen LogP contribution in [-0.2, 0) is 6.61 Å². The molecule has 1 N–H and O–H groups in total. The average Bonchev–Trinajstić information content (AvgIpc) is 2.25. The lowest BCUT2D eigenvalue weighted by atomic mass is 10.2. The molecule has 0 heterocycles. The summed E-state index contributed by atoms with van der Waals surface area (Å²) in [7, 11) is 1.56. The van der Waals surface area contributed by atoms with Crippen LogP contribution in [0.2, 0.25) is 0 Å². The van der Waals surface area contributed by atoms with Gasteiger partial charge in [-0.05, 0) is 17.7 Å². The Morgan fingerprint density at radius 3 is 2.73 bits per heavy atom. The van der Waals surface area contributed by atoms with Gasteiger partial charge in [-0.15, -0.1) is 0 Å². The van der Waals surface area contributed by atoms with E-state index < -0.39 is 0 Å². The van der Waals surface area contributed by atoms with E-state index in [9.17, 15) is 0 Å². The lowest BCUT2D eigenvalue weighted by molar-refractivity contribution is 0.279. The molecule has 3 nitrogen and oxygen atoms in total. The van der Waals surface area contributed by atoms with Gasteiger partial charge in [-0.25, -0.2) is 0 Å². The zero-order valence-electron chi connectivity index (χ0n) is 8.50. The zero-order chi connectivity index (χ0) is 11.3. The third-order valence-corrected chi connectivity index (χ3v) is 2.02. The molecule has 1 aromatic rings. The summed E-state index contributed by atoms with van der Waals surface area (Å²) in [6.07, 6.45) is 0. The quantitative estimate of drug-likeness (QED) is 0.895. The van der Waals surface area contributed by atoms with Crippen LogP contribution in [0, 0.1) is 0 Å². The van der Waals surface area contributed by atoms with Crippen molar-refractivity contribution in [2.45, 2.75) is 6.61 Å². The summed E-state index contributed by atoms with van der Waals surface area (Å²) in [5.41, 5.74) is 0.789. The molecule has 0 amide bonds. The fourth-order valence-electron chi connectivity index (χ4n) is 1.09. The minimum absolute atomic E-state index is 0.0121. The smallest absolute Gasteiger partial charge is 0.161 e. The summed E-state index contributed by atoms with van der Waals surface area (Å²) in [4.78, 5) is 0. The highest BCUT2D eigenvalue weighted by Crippen LogP contribution is 2.28. The first-order valence-electron chi connectivity index (χ1n) is 4.41. The highest BCUT2D eigenvalue weighted by molar-refractivity contribution is 9.11. The second-order valence-electron chi connectivity index (χ2n) is 2.95. The van der Waals surface area contributed by atoms with Crippen molar-refractivity contribution in [3.8, 4) is 11.5 Å². The molecule has 0 saturated heterocycles. The average molecular weight is 273 g/mol. The number of hydrogen-bond donors (Lipinski definition) is 1. The van der Waals surface area contributed by atoms with Gasteiger partial charge < -0.3 is 14.6 Å². The third kappa shape index (κ3) is 3.57. The Kier molecular flexibility index (Phi) is 4.65. The first-order valence-corrected chi connectivity index (χ1v) is 5.20. The van der Waals surface area contributed by atoms with Gasteiger partial charge >= 0.3 is 0 Å². The van der Waals surface area contributed by atoms with Gasteiger partial charge in [-0.1, -0.05) is 28.6 Å². The van der Waals surface area contributed by atoms with Crippen LogP contribution in [0.4, 0.5) is 0 Å². The number of rotatable bonds is 5. The van der Waals surface area contributed by atoms with Crippen molar-refractivity contribution < 1.29 is 14.6 Å². The first-order chi connectivity index (χ1) is 7.17. The summed E-state index contributed by atoms with van der Waals surface area (Å²) in [5, 5.41) is 8.95. The molecule has 0 fully saturated rings. The monoisotopic (exact) mass is 272 g/mol. The molecule has 0 bridgehead atoms.